The Bertz CT molecular complexity index is 598. The van der Waals surface area contributed by atoms with Crippen molar-refractivity contribution in [3.63, 3.8) is 0 Å². The summed E-state index contributed by atoms with van der Waals surface area (Å²) in [6.45, 7) is 0. The van der Waals surface area contributed by atoms with Crippen LogP contribution in [0.4, 0.5) is 0 Å². The molecule has 0 amide bonds. The van der Waals surface area contributed by atoms with Gasteiger partial charge in [0, 0.05) is 15.4 Å². The fraction of sp³-hybridized carbons (Fsp3) is 0.231. The lowest BCUT2D eigenvalue weighted by atomic mass is 10.1. The zero-order chi connectivity index (χ0) is 13.1. The van der Waals surface area contributed by atoms with Gasteiger partial charge in [-0.25, -0.2) is 4.98 Å². The maximum Gasteiger partial charge on any atom is 0.310 e. The third-order valence-electron chi connectivity index (χ3n) is 2.57. The van der Waals surface area contributed by atoms with E-state index >= 15 is 0 Å². The molecular formula is C13H12BrNO3. The number of fused-ring (bicyclic) bond motifs is 1. The molecule has 5 heteroatoms. The molecule has 0 spiro atoms. The molecule has 2 rings (SSSR count). The van der Waals surface area contributed by atoms with E-state index in [0.29, 0.717) is 5.88 Å². The smallest absolute Gasteiger partial charge is 0.310 e. The van der Waals surface area contributed by atoms with Crippen LogP contribution in [0, 0.1) is 0 Å². The molecule has 0 atom stereocenters. The summed E-state index contributed by atoms with van der Waals surface area (Å²) in [6.07, 6.45) is 0.148. The van der Waals surface area contributed by atoms with Gasteiger partial charge in [-0.3, -0.25) is 4.79 Å². The summed E-state index contributed by atoms with van der Waals surface area (Å²) in [7, 11) is 2.90. The number of nitrogens with zero attached hydrogens (tertiary/aromatic N) is 1. The van der Waals surface area contributed by atoms with Gasteiger partial charge in [-0.2, -0.15) is 0 Å². The average molecular weight is 310 g/mol. The molecule has 1 heterocycles. The number of pyridine rings is 1. The van der Waals surface area contributed by atoms with E-state index in [4.69, 9.17) is 4.74 Å². The van der Waals surface area contributed by atoms with Gasteiger partial charge in [-0.05, 0) is 24.3 Å². The Hall–Kier alpha value is -1.62. The lowest BCUT2D eigenvalue weighted by Gasteiger charge is -2.08. The van der Waals surface area contributed by atoms with Crippen LogP contribution in [0.25, 0.3) is 10.9 Å². The van der Waals surface area contributed by atoms with E-state index in [0.717, 1.165) is 20.9 Å². The van der Waals surface area contributed by atoms with E-state index in [1.165, 1.54) is 14.2 Å². The van der Waals surface area contributed by atoms with E-state index in [1.54, 1.807) is 0 Å². The molecule has 0 N–H and O–H groups in total. The van der Waals surface area contributed by atoms with Gasteiger partial charge in [0.15, 0.2) is 0 Å². The summed E-state index contributed by atoms with van der Waals surface area (Å²) in [4.78, 5) is 15.7. The van der Waals surface area contributed by atoms with Gasteiger partial charge in [-0.1, -0.05) is 15.9 Å². The van der Waals surface area contributed by atoms with Gasteiger partial charge in [0.25, 0.3) is 0 Å². The number of carbonyl (C=O) groups excluding carboxylic acids is 1. The van der Waals surface area contributed by atoms with Crippen molar-refractivity contribution in [3.8, 4) is 5.88 Å². The monoisotopic (exact) mass is 309 g/mol. The molecule has 2 aromatic rings. The third-order valence-corrected chi connectivity index (χ3v) is 3.07. The van der Waals surface area contributed by atoms with Crippen LogP contribution in [0.3, 0.4) is 0 Å². The fourth-order valence-corrected chi connectivity index (χ4v) is 2.08. The highest BCUT2D eigenvalue weighted by Gasteiger charge is 2.12. The summed E-state index contributed by atoms with van der Waals surface area (Å²) >= 11 is 3.41. The molecule has 0 aliphatic carbocycles. The second kappa shape index (κ2) is 5.35. The number of aromatic nitrogens is 1. The Morgan fingerprint density at radius 3 is 2.78 bits per heavy atom. The topological polar surface area (TPSA) is 48.4 Å². The van der Waals surface area contributed by atoms with Gasteiger partial charge in [0.2, 0.25) is 5.88 Å². The predicted octanol–water partition coefficient (Wildman–Crippen LogP) is 2.72. The zero-order valence-corrected chi connectivity index (χ0v) is 11.7. The number of methoxy groups -OCH3 is 2. The van der Waals surface area contributed by atoms with E-state index in [-0.39, 0.29) is 12.4 Å². The van der Waals surface area contributed by atoms with E-state index in [9.17, 15) is 4.79 Å². The second-order valence-electron chi connectivity index (χ2n) is 3.75. The van der Waals surface area contributed by atoms with Crippen molar-refractivity contribution >= 4 is 32.8 Å². The summed E-state index contributed by atoms with van der Waals surface area (Å²) < 4.78 is 10.8. The SMILES string of the molecule is COC(=O)Cc1cc2cc(Br)ccc2nc1OC. The van der Waals surface area contributed by atoms with Gasteiger partial charge in [-0.15, -0.1) is 0 Å². The normalized spacial score (nSPS) is 10.4. The molecule has 0 unspecified atom stereocenters. The minimum atomic E-state index is -0.315. The van der Waals surface area contributed by atoms with Crippen molar-refractivity contribution in [1.29, 1.82) is 0 Å². The number of hydrogen-bond acceptors (Lipinski definition) is 4. The fourth-order valence-electron chi connectivity index (χ4n) is 1.70. The van der Waals surface area contributed by atoms with Crippen molar-refractivity contribution in [2.24, 2.45) is 0 Å². The summed E-state index contributed by atoms with van der Waals surface area (Å²) in [5.41, 5.74) is 1.54. The van der Waals surface area contributed by atoms with Crippen LogP contribution in [-0.2, 0) is 16.0 Å². The third kappa shape index (κ3) is 2.61. The summed E-state index contributed by atoms with van der Waals surface area (Å²) in [5, 5.41) is 0.948. The number of benzene rings is 1. The molecule has 0 saturated heterocycles. The van der Waals surface area contributed by atoms with Crippen LogP contribution >= 0.6 is 15.9 Å². The highest BCUT2D eigenvalue weighted by atomic mass is 79.9. The molecule has 1 aromatic heterocycles. The minimum Gasteiger partial charge on any atom is -0.481 e. The summed E-state index contributed by atoms with van der Waals surface area (Å²) in [5.74, 6) is 0.139. The molecule has 0 fully saturated rings. The van der Waals surface area contributed by atoms with Crippen LogP contribution in [0.15, 0.2) is 28.7 Å². The average Bonchev–Trinajstić information content (AvgIpc) is 2.37. The van der Waals surface area contributed by atoms with Crippen molar-refractivity contribution in [2.45, 2.75) is 6.42 Å². The quantitative estimate of drug-likeness (QED) is 0.818. The van der Waals surface area contributed by atoms with E-state index < -0.39 is 0 Å². The predicted molar refractivity (Wildman–Crippen MR) is 71.7 cm³/mol. The lowest BCUT2D eigenvalue weighted by Crippen LogP contribution is -2.06. The molecule has 0 saturated carbocycles. The van der Waals surface area contributed by atoms with Crippen molar-refractivity contribution in [2.75, 3.05) is 14.2 Å². The standard InChI is InChI=1S/C13H12BrNO3/c1-17-12(16)7-9-5-8-6-10(14)3-4-11(8)15-13(9)18-2/h3-6H,7H2,1-2H3. The second-order valence-corrected chi connectivity index (χ2v) is 4.66. The maximum atomic E-state index is 11.3. The molecular weight excluding hydrogens is 298 g/mol. The Balaban J connectivity index is 2.52. The number of hydrogen-bond donors (Lipinski definition) is 0. The molecule has 0 bridgehead atoms. The number of halogens is 1. The van der Waals surface area contributed by atoms with Crippen LogP contribution in [0.5, 0.6) is 5.88 Å². The van der Waals surface area contributed by atoms with Crippen molar-refractivity contribution < 1.29 is 14.3 Å². The maximum absolute atomic E-state index is 11.3. The number of rotatable bonds is 3. The van der Waals surface area contributed by atoms with E-state index in [1.807, 2.05) is 24.3 Å². The molecule has 0 aliphatic heterocycles. The van der Waals surface area contributed by atoms with Crippen molar-refractivity contribution in [1.82, 2.24) is 4.98 Å². The van der Waals surface area contributed by atoms with Crippen LogP contribution in [-0.4, -0.2) is 25.2 Å². The number of esters is 1. The Labute approximate surface area is 113 Å². The largest absolute Gasteiger partial charge is 0.481 e. The van der Waals surface area contributed by atoms with Gasteiger partial charge < -0.3 is 9.47 Å². The van der Waals surface area contributed by atoms with Crippen LogP contribution in [0.1, 0.15) is 5.56 Å². The molecule has 0 radical (unpaired) electrons. The molecule has 1 aromatic carbocycles. The van der Waals surface area contributed by atoms with Crippen LogP contribution < -0.4 is 4.74 Å². The van der Waals surface area contributed by atoms with Crippen molar-refractivity contribution in [3.05, 3.63) is 34.3 Å². The highest BCUT2D eigenvalue weighted by molar-refractivity contribution is 9.10. The molecule has 18 heavy (non-hydrogen) atoms. The lowest BCUT2D eigenvalue weighted by molar-refractivity contribution is -0.139. The number of carbonyl (C=O) groups is 1. The molecule has 0 aliphatic rings. The Morgan fingerprint density at radius 1 is 1.33 bits per heavy atom. The first-order valence-corrected chi connectivity index (χ1v) is 6.13. The Morgan fingerprint density at radius 2 is 2.11 bits per heavy atom. The first kappa shape index (κ1) is 12.8. The first-order valence-electron chi connectivity index (χ1n) is 5.34. The first-order chi connectivity index (χ1) is 8.63. The Kier molecular flexibility index (Phi) is 3.81. The minimum absolute atomic E-state index is 0.148. The summed E-state index contributed by atoms with van der Waals surface area (Å²) in [6, 6.07) is 7.64. The molecule has 94 valence electrons. The number of ether oxygens (including phenoxy) is 2. The molecule has 4 nitrogen and oxygen atoms in total. The van der Waals surface area contributed by atoms with Crippen LogP contribution in [0.2, 0.25) is 0 Å². The van der Waals surface area contributed by atoms with E-state index in [2.05, 4.69) is 25.7 Å². The zero-order valence-electron chi connectivity index (χ0n) is 10.1. The van der Waals surface area contributed by atoms with Gasteiger partial charge >= 0.3 is 5.97 Å². The highest BCUT2D eigenvalue weighted by Crippen LogP contribution is 2.25. The van der Waals surface area contributed by atoms with Gasteiger partial charge in [0.05, 0.1) is 26.2 Å². The van der Waals surface area contributed by atoms with Gasteiger partial charge in [0.1, 0.15) is 0 Å².